The molecular formula is C11H14N2O3S. The normalized spacial score (nSPS) is 12.8. The van der Waals surface area contributed by atoms with Gasteiger partial charge in [0.15, 0.2) is 0 Å². The lowest BCUT2D eigenvalue weighted by Crippen LogP contribution is -2.25. The molecule has 0 saturated carbocycles. The maximum Gasteiger partial charge on any atom is 0.209 e. The van der Waals surface area contributed by atoms with Crippen molar-refractivity contribution >= 4 is 10.0 Å². The number of nitrogens with two attached hydrogens (primary N) is 1. The van der Waals surface area contributed by atoms with E-state index in [1.54, 1.807) is 31.2 Å². The topological polar surface area (TPSA) is 93.2 Å². The van der Waals surface area contributed by atoms with Crippen LogP contribution in [0, 0.1) is 17.2 Å². The van der Waals surface area contributed by atoms with Gasteiger partial charge in [-0.15, -0.1) is 0 Å². The highest BCUT2D eigenvalue weighted by atomic mass is 32.2. The number of hydrogen-bond acceptors (Lipinski definition) is 4. The van der Waals surface area contributed by atoms with Crippen LogP contribution in [0.4, 0.5) is 0 Å². The molecule has 1 unspecified atom stereocenters. The molecule has 0 fully saturated rings. The molecule has 0 heterocycles. The minimum absolute atomic E-state index is 0.120. The maximum atomic E-state index is 10.8. The Morgan fingerprint density at radius 3 is 2.82 bits per heavy atom. The second-order valence-electron chi connectivity index (χ2n) is 3.89. The van der Waals surface area contributed by atoms with E-state index in [2.05, 4.69) is 0 Å². The number of nitriles is 1. The molecule has 1 aromatic rings. The summed E-state index contributed by atoms with van der Waals surface area (Å²) in [6.45, 7) is 1.98. The van der Waals surface area contributed by atoms with Crippen molar-refractivity contribution in [3.8, 4) is 11.8 Å². The van der Waals surface area contributed by atoms with Crippen molar-refractivity contribution in [2.45, 2.75) is 6.92 Å². The third kappa shape index (κ3) is 5.33. The number of sulfonamides is 1. The zero-order chi connectivity index (χ0) is 12.9. The summed E-state index contributed by atoms with van der Waals surface area (Å²) < 4.78 is 27.1. The van der Waals surface area contributed by atoms with E-state index in [-0.39, 0.29) is 18.3 Å². The second-order valence-corrected chi connectivity index (χ2v) is 5.54. The van der Waals surface area contributed by atoms with Gasteiger partial charge in [0.05, 0.1) is 24.0 Å². The Morgan fingerprint density at radius 2 is 2.24 bits per heavy atom. The van der Waals surface area contributed by atoms with Crippen LogP contribution in [0.15, 0.2) is 24.3 Å². The third-order valence-electron chi connectivity index (χ3n) is 2.01. The monoisotopic (exact) mass is 254 g/mol. The van der Waals surface area contributed by atoms with Crippen molar-refractivity contribution in [1.29, 1.82) is 5.26 Å². The summed E-state index contributed by atoms with van der Waals surface area (Å²) in [5, 5.41) is 13.6. The van der Waals surface area contributed by atoms with Gasteiger partial charge in [0, 0.05) is 5.92 Å². The van der Waals surface area contributed by atoms with Gasteiger partial charge < -0.3 is 4.74 Å². The Hall–Kier alpha value is -1.58. The quantitative estimate of drug-likeness (QED) is 0.843. The van der Waals surface area contributed by atoms with Crippen molar-refractivity contribution in [3.05, 3.63) is 29.8 Å². The summed E-state index contributed by atoms with van der Waals surface area (Å²) >= 11 is 0. The molecule has 0 saturated heterocycles. The fourth-order valence-corrected chi connectivity index (χ4v) is 2.23. The molecule has 2 N–H and O–H groups in total. The average Bonchev–Trinajstić information content (AvgIpc) is 2.24. The van der Waals surface area contributed by atoms with Crippen molar-refractivity contribution < 1.29 is 13.2 Å². The van der Waals surface area contributed by atoms with Gasteiger partial charge in [-0.2, -0.15) is 5.26 Å². The molecule has 1 aromatic carbocycles. The van der Waals surface area contributed by atoms with E-state index < -0.39 is 10.0 Å². The SMILES string of the molecule is CC(COc1cccc(C#N)c1)CS(N)(=O)=O. The van der Waals surface area contributed by atoms with Crippen LogP contribution in [-0.4, -0.2) is 20.8 Å². The van der Waals surface area contributed by atoms with Gasteiger partial charge in [0.25, 0.3) is 0 Å². The summed E-state index contributed by atoms with van der Waals surface area (Å²) in [5.74, 6) is 0.228. The second kappa shape index (κ2) is 5.66. The minimum Gasteiger partial charge on any atom is -0.493 e. The largest absolute Gasteiger partial charge is 0.493 e. The van der Waals surface area contributed by atoms with Crippen molar-refractivity contribution in [3.63, 3.8) is 0 Å². The zero-order valence-electron chi connectivity index (χ0n) is 9.46. The molecule has 0 spiro atoms. The first-order valence-electron chi connectivity index (χ1n) is 5.04. The van der Waals surface area contributed by atoms with Crippen LogP contribution < -0.4 is 9.88 Å². The number of primary sulfonamides is 1. The van der Waals surface area contributed by atoms with Crippen LogP contribution in [0.3, 0.4) is 0 Å². The van der Waals surface area contributed by atoms with Crippen LogP contribution in [0.25, 0.3) is 0 Å². The van der Waals surface area contributed by atoms with Crippen LogP contribution in [0.1, 0.15) is 12.5 Å². The molecule has 0 bridgehead atoms. The summed E-state index contributed by atoms with van der Waals surface area (Å²) in [6, 6.07) is 8.68. The molecular weight excluding hydrogens is 240 g/mol. The van der Waals surface area contributed by atoms with E-state index in [4.69, 9.17) is 15.1 Å². The number of rotatable bonds is 5. The van der Waals surface area contributed by atoms with Gasteiger partial charge in [-0.3, -0.25) is 0 Å². The number of hydrogen-bond donors (Lipinski definition) is 1. The summed E-state index contributed by atoms with van der Waals surface area (Å²) in [5.41, 5.74) is 0.501. The first-order chi connectivity index (χ1) is 7.90. The molecule has 0 aromatic heterocycles. The lowest BCUT2D eigenvalue weighted by molar-refractivity contribution is 0.272. The lowest BCUT2D eigenvalue weighted by atomic mass is 10.2. The molecule has 0 aliphatic rings. The molecule has 6 heteroatoms. The van der Waals surface area contributed by atoms with Gasteiger partial charge in [0.1, 0.15) is 5.75 Å². The highest BCUT2D eigenvalue weighted by Gasteiger charge is 2.11. The predicted molar refractivity (Wildman–Crippen MR) is 63.8 cm³/mol. The molecule has 0 aliphatic heterocycles. The molecule has 5 nitrogen and oxygen atoms in total. The van der Waals surface area contributed by atoms with Gasteiger partial charge in [-0.25, -0.2) is 13.6 Å². The number of ether oxygens (including phenoxy) is 1. The van der Waals surface area contributed by atoms with E-state index in [9.17, 15) is 8.42 Å². The standard InChI is InChI=1S/C11H14N2O3S/c1-9(8-17(13,14)15)7-16-11-4-2-3-10(5-11)6-12/h2-5,9H,7-8H2,1H3,(H2,13,14,15). The van der Waals surface area contributed by atoms with E-state index in [1.165, 1.54) is 0 Å². The van der Waals surface area contributed by atoms with Crippen molar-refractivity contribution in [1.82, 2.24) is 0 Å². The van der Waals surface area contributed by atoms with Gasteiger partial charge in [-0.1, -0.05) is 13.0 Å². The Labute approximate surface area is 101 Å². The Kier molecular flexibility index (Phi) is 4.49. The van der Waals surface area contributed by atoms with Gasteiger partial charge in [0.2, 0.25) is 10.0 Å². The van der Waals surface area contributed by atoms with E-state index >= 15 is 0 Å². The first-order valence-corrected chi connectivity index (χ1v) is 6.75. The molecule has 0 aliphatic carbocycles. The predicted octanol–water partition coefficient (Wildman–Crippen LogP) is 0.862. The Bertz CT molecular complexity index is 520. The number of benzene rings is 1. The fraction of sp³-hybridized carbons (Fsp3) is 0.364. The minimum atomic E-state index is -3.47. The van der Waals surface area contributed by atoms with E-state index in [0.29, 0.717) is 11.3 Å². The maximum absolute atomic E-state index is 10.8. The van der Waals surface area contributed by atoms with Crippen LogP contribution >= 0.6 is 0 Å². The molecule has 0 amide bonds. The molecule has 1 rings (SSSR count). The van der Waals surface area contributed by atoms with Gasteiger partial charge in [-0.05, 0) is 18.2 Å². The zero-order valence-corrected chi connectivity index (χ0v) is 10.3. The van der Waals surface area contributed by atoms with Crippen LogP contribution in [0.2, 0.25) is 0 Å². The smallest absolute Gasteiger partial charge is 0.209 e. The highest BCUT2D eigenvalue weighted by Crippen LogP contribution is 2.13. The highest BCUT2D eigenvalue weighted by molar-refractivity contribution is 7.89. The van der Waals surface area contributed by atoms with Crippen molar-refractivity contribution in [2.24, 2.45) is 11.1 Å². The lowest BCUT2D eigenvalue weighted by Gasteiger charge is -2.11. The third-order valence-corrected chi connectivity index (χ3v) is 3.05. The summed E-state index contributed by atoms with van der Waals surface area (Å²) in [4.78, 5) is 0. The number of nitrogens with zero attached hydrogens (tertiary/aromatic N) is 1. The molecule has 1 atom stereocenters. The Morgan fingerprint density at radius 1 is 1.53 bits per heavy atom. The Balaban J connectivity index is 2.53. The molecule has 92 valence electrons. The molecule has 17 heavy (non-hydrogen) atoms. The van der Waals surface area contributed by atoms with Crippen molar-refractivity contribution in [2.75, 3.05) is 12.4 Å². The van der Waals surface area contributed by atoms with E-state index in [0.717, 1.165) is 0 Å². The van der Waals surface area contributed by atoms with Gasteiger partial charge >= 0.3 is 0 Å². The van der Waals surface area contributed by atoms with Crippen LogP contribution in [0.5, 0.6) is 5.75 Å². The first kappa shape index (κ1) is 13.5. The van der Waals surface area contributed by atoms with Crippen LogP contribution in [-0.2, 0) is 10.0 Å². The van der Waals surface area contributed by atoms with E-state index in [1.807, 2.05) is 6.07 Å². The summed E-state index contributed by atoms with van der Waals surface area (Å²) in [6.07, 6.45) is 0. The average molecular weight is 254 g/mol. The molecule has 0 radical (unpaired) electrons. The summed E-state index contributed by atoms with van der Waals surface area (Å²) in [7, 11) is -3.47. The fourth-order valence-electron chi connectivity index (χ4n) is 1.34.